The van der Waals surface area contributed by atoms with Crippen molar-refractivity contribution in [3.05, 3.63) is 35.5 Å². The molecule has 22 heavy (non-hydrogen) atoms. The highest BCUT2D eigenvalue weighted by Crippen LogP contribution is 2.23. The second-order valence-corrected chi connectivity index (χ2v) is 5.92. The summed E-state index contributed by atoms with van der Waals surface area (Å²) in [6.45, 7) is 7.73. The van der Waals surface area contributed by atoms with Gasteiger partial charge in [-0.2, -0.15) is 5.10 Å². The van der Waals surface area contributed by atoms with Crippen LogP contribution in [0, 0.1) is 13.8 Å². The number of aryl methyl sites for hydroxylation is 2. The Hall–Kier alpha value is -1.95. The SMILES string of the molecule is Cc1ccn(CCNc2cc([C@H]3CCCNC3)nc(C)n2)n1. The number of nitrogens with zero attached hydrogens (tertiary/aromatic N) is 4. The normalized spacial score (nSPS) is 18.4. The molecule has 1 aliphatic heterocycles. The second kappa shape index (κ2) is 6.87. The first kappa shape index (κ1) is 15.0. The number of hydrogen-bond acceptors (Lipinski definition) is 5. The van der Waals surface area contributed by atoms with Gasteiger partial charge >= 0.3 is 0 Å². The van der Waals surface area contributed by atoms with Crippen molar-refractivity contribution in [3.63, 3.8) is 0 Å². The van der Waals surface area contributed by atoms with E-state index in [-0.39, 0.29) is 0 Å². The topological polar surface area (TPSA) is 67.7 Å². The van der Waals surface area contributed by atoms with E-state index in [9.17, 15) is 0 Å². The smallest absolute Gasteiger partial charge is 0.129 e. The summed E-state index contributed by atoms with van der Waals surface area (Å²) in [7, 11) is 0. The molecule has 0 aliphatic carbocycles. The number of aromatic nitrogens is 4. The van der Waals surface area contributed by atoms with E-state index in [1.54, 1.807) is 0 Å². The van der Waals surface area contributed by atoms with Gasteiger partial charge in [-0.3, -0.25) is 4.68 Å². The van der Waals surface area contributed by atoms with Crippen molar-refractivity contribution in [1.82, 2.24) is 25.1 Å². The van der Waals surface area contributed by atoms with Gasteiger partial charge in [0.25, 0.3) is 0 Å². The molecule has 1 aliphatic rings. The molecule has 1 saturated heterocycles. The summed E-state index contributed by atoms with van der Waals surface area (Å²) >= 11 is 0. The predicted octanol–water partition coefficient (Wildman–Crippen LogP) is 1.87. The molecule has 1 fully saturated rings. The molecule has 0 bridgehead atoms. The maximum Gasteiger partial charge on any atom is 0.129 e. The summed E-state index contributed by atoms with van der Waals surface area (Å²) in [6, 6.07) is 4.11. The fraction of sp³-hybridized carbons (Fsp3) is 0.562. The third-order valence-corrected chi connectivity index (χ3v) is 3.99. The fourth-order valence-corrected chi connectivity index (χ4v) is 2.88. The van der Waals surface area contributed by atoms with Crippen LogP contribution in [0.5, 0.6) is 0 Å². The number of rotatable bonds is 5. The molecule has 0 spiro atoms. The summed E-state index contributed by atoms with van der Waals surface area (Å²) in [5, 5.41) is 11.2. The Balaban J connectivity index is 1.61. The van der Waals surface area contributed by atoms with Gasteiger partial charge < -0.3 is 10.6 Å². The minimum atomic E-state index is 0.504. The Morgan fingerprint density at radius 1 is 1.36 bits per heavy atom. The van der Waals surface area contributed by atoms with Crippen LogP contribution in [0.1, 0.15) is 36.0 Å². The Kier molecular flexibility index (Phi) is 4.68. The molecular formula is C16H24N6. The van der Waals surface area contributed by atoms with Crippen molar-refractivity contribution in [2.45, 2.75) is 39.2 Å². The van der Waals surface area contributed by atoms with Crippen molar-refractivity contribution in [2.24, 2.45) is 0 Å². The highest BCUT2D eigenvalue weighted by atomic mass is 15.3. The highest BCUT2D eigenvalue weighted by molar-refractivity contribution is 5.37. The Labute approximate surface area is 131 Å². The van der Waals surface area contributed by atoms with Crippen molar-refractivity contribution < 1.29 is 0 Å². The first-order valence-electron chi connectivity index (χ1n) is 8.01. The highest BCUT2D eigenvalue weighted by Gasteiger charge is 2.17. The van der Waals surface area contributed by atoms with E-state index < -0.39 is 0 Å². The van der Waals surface area contributed by atoms with E-state index >= 15 is 0 Å². The lowest BCUT2D eigenvalue weighted by molar-refractivity contribution is 0.453. The van der Waals surface area contributed by atoms with E-state index in [0.29, 0.717) is 5.92 Å². The second-order valence-electron chi connectivity index (χ2n) is 5.92. The zero-order valence-electron chi connectivity index (χ0n) is 13.3. The van der Waals surface area contributed by atoms with Gasteiger partial charge in [-0.25, -0.2) is 9.97 Å². The molecule has 2 N–H and O–H groups in total. The molecule has 118 valence electrons. The number of nitrogens with one attached hydrogen (secondary N) is 2. The van der Waals surface area contributed by atoms with Crippen LogP contribution in [-0.2, 0) is 6.54 Å². The lowest BCUT2D eigenvalue weighted by Crippen LogP contribution is -2.29. The summed E-state index contributed by atoms with van der Waals surface area (Å²) < 4.78 is 1.95. The van der Waals surface area contributed by atoms with Crippen LogP contribution in [0.4, 0.5) is 5.82 Å². The monoisotopic (exact) mass is 300 g/mol. The van der Waals surface area contributed by atoms with Gasteiger partial charge in [0.2, 0.25) is 0 Å². The average molecular weight is 300 g/mol. The van der Waals surface area contributed by atoms with Crippen LogP contribution in [0.25, 0.3) is 0 Å². The molecule has 0 unspecified atom stereocenters. The average Bonchev–Trinajstić information content (AvgIpc) is 2.93. The van der Waals surface area contributed by atoms with Gasteiger partial charge in [0.05, 0.1) is 17.9 Å². The molecule has 3 heterocycles. The Morgan fingerprint density at radius 2 is 2.27 bits per heavy atom. The Morgan fingerprint density at radius 3 is 3.00 bits per heavy atom. The molecular weight excluding hydrogens is 276 g/mol. The summed E-state index contributed by atoms with van der Waals surface area (Å²) in [5.41, 5.74) is 2.20. The summed E-state index contributed by atoms with van der Waals surface area (Å²) in [4.78, 5) is 9.11. The Bertz CT molecular complexity index is 615. The zero-order chi connectivity index (χ0) is 15.4. The van der Waals surface area contributed by atoms with Gasteiger partial charge in [0.1, 0.15) is 11.6 Å². The molecule has 2 aromatic heterocycles. The van der Waals surface area contributed by atoms with Crippen molar-refractivity contribution in [2.75, 3.05) is 25.0 Å². The molecule has 2 aromatic rings. The van der Waals surface area contributed by atoms with Crippen LogP contribution >= 0.6 is 0 Å². The minimum absolute atomic E-state index is 0.504. The van der Waals surface area contributed by atoms with Crippen LogP contribution in [-0.4, -0.2) is 39.4 Å². The first-order chi connectivity index (χ1) is 10.7. The third kappa shape index (κ3) is 3.82. The largest absolute Gasteiger partial charge is 0.368 e. The maximum absolute atomic E-state index is 4.62. The molecule has 0 saturated carbocycles. The molecule has 0 radical (unpaired) electrons. The molecule has 0 aromatic carbocycles. The predicted molar refractivity (Wildman–Crippen MR) is 87.1 cm³/mol. The molecule has 3 rings (SSSR count). The third-order valence-electron chi connectivity index (χ3n) is 3.99. The standard InChI is InChI=1S/C16H24N6/c1-12-5-8-22(21-12)9-7-18-16-10-15(19-13(2)20-16)14-4-3-6-17-11-14/h5,8,10,14,17H,3-4,6-7,9,11H2,1-2H3,(H,18,19,20)/t14-/m0/s1. The minimum Gasteiger partial charge on any atom is -0.368 e. The van der Waals surface area contributed by atoms with Crippen LogP contribution in [0.15, 0.2) is 18.3 Å². The van der Waals surface area contributed by atoms with Gasteiger partial charge in [-0.1, -0.05) is 0 Å². The summed E-state index contributed by atoms with van der Waals surface area (Å²) in [5.74, 6) is 2.25. The van der Waals surface area contributed by atoms with Crippen molar-refractivity contribution >= 4 is 5.82 Å². The van der Waals surface area contributed by atoms with Crippen LogP contribution < -0.4 is 10.6 Å². The van der Waals surface area contributed by atoms with Gasteiger partial charge in [0, 0.05) is 31.3 Å². The van der Waals surface area contributed by atoms with Gasteiger partial charge in [-0.05, 0) is 39.3 Å². The fourth-order valence-electron chi connectivity index (χ4n) is 2.88. The van der Waals surface area contributed by atoms with E-state index in [0.717, 1.165) is 49.2 Å². The zero-order valence-corrected chi connectivity index (χ0v) is 13.3. The van der Waals surface area contributed by atoms with E-state index in [2.05, 4.69) is 31.8 Å². The van der Waals surface area contributed by atoms with Crippen molar-refractivity contribution in [1.29, 1.82) is 0 Å². The lowest BCUT2D eigenvalue weighted by atomic mass is 9.96. The van der Waals surface area contributed by atoms with Crippen LogP contribution in [0.2, 0.25) is 0 Å². The molecule has 1 atom stereocenters. The summed E-state index contributed by atoms with van der Waals surface area (Å²) in [6.07, 6.45) is 4.42. The van der Waals surface area contributed by atoms with E-state index in [4.69, 9.17) is 0 Å². The number of anilines is 1. The molecule has 6 heteroatoms. The first-order valence-corrected chi connectivity index (χ1v) is 8.01. The lowest BCUT2D eigenvalue weighted by Gasteiger charge is -2.22. The van der Waals surface area contributed by atoms with E-state index in [1.165, 1.54) is 12.8 Å². The molecule has 0 amide bonds. The number of hydrogen-bond donors (Lipinski definition) is 2. The van der Waals surface area contributed by atoms with Gasteiger partial charge in [-0.15, -0.1) is 0 Å². The quantitative estimate of drug-likeness (QED) is 0.882. The maximum atomic E-state index is 4.62. The van der Waals surface area contributed by atoms with Crippen molar-refractivity contribution in [3.8, 4) is 0 Å². The number of piperidine rings is 1. The van der Waals surface area contributed by atoms with Gasteiger partial charge in [0.15, 0.2) is 0 Å². The molecule has 6 nitrogen and oxygen atoms in total. The van der Waals surface area contributed by atoms with Crippen LogP contribution in [0.3, 0.4) is 0 Å². The van der Waals surface area contributed by atoms with E-state index in [1.807, 2.05) is 30.8 Å².